The third-order valence-corrected chi connectivity index (χ3v) is 3.15. The molecule has 0 atom stereocenters. The summed E-state index contributed by atoms with van der Waals surface area (Å²) in [6.07, 6.45) is 2.87. The van der Waals surface area contributed by atoms with E-state index in [0.29, 0.717) is 13.0 Å². The summed E-state index contributed by atoms with van der Waals surface area (Å²) < 4.78 is 0. The summed E-state index contributed by atoms with van der Waals surface area (Å²) in [6, 6.07) is 8.35. The highest BCUT2D eigenvalue weighted by atomic mass is 16.4. The molecule has 0 unspecified atom stereocenters. The molecule has 0 saturated heterocycles. The van der Waals surface area contributed by atoms with E-state index in [1.54, 1.807) is 13.8 Å². The van der Waals surface area contributed by atoms with Gasteiger partial charge in [-0.1, -0.05) is 25.5 Å². The SMILES string of the molecule is CCCc1ccc(NCCC(C)(C)C(=O)O)cc1. The van der Waals surface area contributed by atoms with Crippen LogP contribution < -0.4 is 5.32 Å². The molecule has 0 aliphatic carbocycles. The van der Waals surface area contributed by atoms with E-state index in [9.17, 15) is 4.79 Å². The van der Waals surface area contributed by atoms with Crippen LogP contribution in [0.2, 0.25) is 0 Å². The molecule has 3 nitrogen and oxygen atoms in total. The lowest BCUT2D eigenvalue weighted by Crippen LogP contribution is -2.26. The zero-order valence-electron chi connectivity index (χ0n) is 11.5. The molecule has 0 heterocycles. The van der Waals surface area contributed by atoms with Crippen molar-refractivity contribution in [2.24, 2.45) is 5.41 Å². The topological polar surface area (TPSA) is 49.3 Å². The van der Waals surface area contributed by atoms with Crippen molar-refractivity contribution in [3.8, 4) is 0 Å². The van der Waals surface area contributed by atoms with Crippen molar-refractivity contribution < 1.29 is 9.90 Å². The molecule has 0 saturated carbocycles. The van der Waals surface area contributed by atoms with Crippen LogP contribution in [0.3, 0.4) is 0 Å². The van der Waals surface area contributed by atoms with Gasteiger partial charge in [-0.3, -0.25) is 4.79 Å². The first kappa shape index (κ1) is 14.6. The van der Waals surface area contributed by atoms with Gasteiger partial charge in [-0.25, -0.2) is 0 Å². The second-order valence-electron chi connectivity index (χ2n) is 5.31. The molecular weight excluding hydrogens is 226 g/mol. The Morgan fingerprint density at radius 2 is 1.89 bits per heavy atom. The van der Waals surface area contributed by atoms with Crippen LogP contribution >= 0.6 is 0 Å². The van der Waals surface area contributed by atoms with E-state index in [1.807, 2.05) is 0 Å². The van der Waals surface area contributed by atoms with Crippen LogP contribution in [0.4, 0.5) is 5.69 Å². The lowest BCUT2D eigenvalue weighted by molar-refractivity contribution is -0.147. The molecule has 0 aromatic heterocycles. The van der Waals surface area contributed by atoms with Crippen molar-refractivity contribution in [1.29, 1.82) is 0 Å². The minimum atomic E-state index is -0.748. The first-order valence-corrected chi connectivity index (χ1v) is 6.52. The van der Waals surface area contributed by atoms with E-state index in [2.05, 4.69) is 36.5 Å². The van der Waals surface area contributed by atoms with E-state index >= 15 is 0 Å². The molecule has 1 rings (SSSR count). The maximum absolute atomic E-state index is 11.0. The zero-order valence-corrected chi connectivity index (χ0v) is 11.5. The standard InChI is InChI=1S/C15H23NO2/c1-4-5-12-6-8-13(9-7-12)16-11-10-15(2,3)14(17)18/h6-9,16H,4-5,10-11H2,1-3H3,(H,17,18). The number of aliphatic carboxylic acids is 1. The Bertz CT molecular complexity index is 382. The summed E-state index contributed by atoms with van der Waals surface area (Å²) in [4.78, 5) is 11.0. The first-order chi connectivity index (χ1) is 8.45. The second-order valence-corrected chi connectivity index (χ2v) is 5.31. The fourth-order valence-electron chi connectivity index (χ4n) is 1.70. The third kappa shape index (κ3) is 4.40. The molecule has 1 aromatic rings. The fourth-order valence-corrected chi connectivity index (χ4v) is 1.70. The highest BCUT2D eigenvalue weighted by Gasteiger charge is 2.26. The van der Waals surface area contributed by atoms with E-state index in [4.69, 9.17) is 5.11 Å². The van der Waals surface area contributed by atoms with Gasteiger partial charge in [-0.15, -0.1) is 0 Å². The largest absolute Gasteiger partial charge is 0.481 e. The van der Waals surface area contributed by atoms with E-state index in [0.717, 1.165) is 18.5 Å². The Hall–Kier alpha value is -1.51. The highest BCUT2D eigenvalue weighted by Crippen LogP contribution is 2.20. The number of carbonyl (C=O) groups is 1. The lowest BCUT2D eigenvalue weighted by Gasteiger charge is -2.19. The summed E-state index contributed by atoms with van der Waals surface area (Å²) in [5.41, 5.74) is 1.72. The number of aryl methyl sites for hydroxylation is 1. The van der Waals surface area contributed by atoms with Gasteiger partial charge in [0.15, 0.2) is 0 Å². The molecule has 3 heteroatoms. The normalized spacial score (nSPS) is 11.3. The number of rotatable bonds is 7. The maximum Gasteiger partial charge on any atom is 0.309 e. The Balaban J connectivity index is 2.42. The minimum absolute atomic E-state index is 0.610. The number of nitrogens with one attached hydrogen (secondary N) is 1. The Labute approximate surface area is 109 Å². The molecule has 2 N–H and O–H groups in total. The summed E-state index contributed by atoms with van der Waals surface area (Å²) >= 11 is 0. The third-order valence-electron chi connectivity index (χ3n) is 3.15. The lowest BCUT2D eigenvalue weighted by atomic mass is 9.90. The number of hydrogen-bond acceptors (Lipinski definition) is 2. The van der Waals surface area contributed by atoms with Gasteiger partial charge in [0, 0.05) is 12.2 Å². The molecule has 0 amide bonds. The number of benzene rings is 1. The van der Waals surface area contributed by atoms with Gasteiger partial charge in [0.05, 0.1) is 5.41 Å². The monoisotopic (exact) mass is 249 g/mol. The number of carboxylic acid groups (broad SMARTS) is 1. The van der Waals surface area contributed by atoms with Gasteiger partial charge < -0.3 is 10.4 Å². The van der Waals surface area contributed by atoms with Gasteiger partial charge >= 0.3 is 5.97 Å². The fraction of sp³-hybridized carbons (Fsp3) is 0.533. The van der Waals surface area contributed by atoms with Crippen molar-refractivity contribution in [2.45, 2.75) is 40.0 Å². The molecule has 100 valence electrons. The predicted octanol–water partition coefficient (Wildman–Crippen LogP) is 3.55. The van der Waals surface area contributed by atoms with Gasteiger partial charge in [0.2, 0.25) is 0 Å². The van der Waals surface area contributed by atoms with Gasteiger partial charge in [0.25, 0.3) is 0 Å². The van der Waals surface area contributed by atoms with Crippen LogP contribution in [-0.4, -0.2) is 17.6 Å². The molecule has 0 fully saturated rings. The molecule has 0 bridgehead atoms. The first-order valence-electron chi connectivity index (χ1n) is 6.52. The quantitative estimate of drug-likeness (QED) is 0.777. The highest BCUT2D eigenvalue weighted by molar-refractivity contribution is 5.73. The van der Waals surface area contributed by atoms with Crippen LogP contribution in [-0.2, 0) is 11.2 Å². The van der Waals surface area contributed by atoms with Crippen molar-refractivity contribution in [3.63, 3.8) is 0 Å². The van der Waals surface area contributed by atoms with Crippen LogP contribution in [0, 0.1) is 5.41 Å². The number of anilines is 1. The van der Waals surface area contributed by atoms with Crippen molar-refractivity contribution in [2.75, 3.05) is 11.9 Å². The van der Waals surface area contributed by atoms with E-state index in [-0.39, 0.29) is 0 Å². The van der Waals surface area contributed by atoms with E-state index in [1.165, 1.54) is 5.56 Å². The summed E-state index contributed by atoms with van der Waals surface area (Å²) in [7, 11) is 0. The molecule has 1 aromatic carbocycles. The van der Waals surface area contributed by atoms with Crippen LogP contribution in [0.25, 0.3) is 0 Å². The Kier molecular flexibility index (Phi) is 5.20. The van der Waals surface area contributed by atoms with E-state index < -0.39 is 11.4 Å². The maximum atomic E-state index is 11.0. The zero-order chi connectivity index (χ0) is 13.6. The second kappa shape index (κ2) is 6.43. The average molecular weight is 249 g/mol. The molecule has 18 heavy (non-hydrogen) atoms. The van der Waals surface area contributed by atoms with Crippen LogP contribution in [0.15, 0.2) is 24.3 Å². The van der Waals surface area contributed by atoms with Crippen LogP contribution in [0.1, 0.15) is 39.2 Å². The molecule has 0 radical (unpaired) electrons. The number of hydrogen-bond donors (Lipinski definition) is 2. The smallest absolute Gasteiger partial charge is 0.309 e. The summed E-state index contributed by atoms with van der Waals surface area (Å²) in [5, 5.41) is 12.3. The van der Waals surface area contributed by atoms with Gasteiger partial charge in [0.1, 0.15) is 0 Å². The Morgan fingerprint density at radius 3 is 2.39 bits per heavy atom. The van der Waals surface area contributed by atoms with Gasteiger partial charge in [-0.05, 0) is 44.4 Å². The summed E-state index contributed by atoms with van der Waals surface area (Å²) in [5.74, 6) is -0.748. The predicted molar refractivity (Wildman–Crippen MR) is 75.0 cm³/mol. The summed E-state index contributed by atoms with van der Waals surface area (Å²) in [6.45, 7) is 6.34. The van der Waals surface area contributed by atoms with Crippen LogP contribution in [0.5, 0.6) is 0 Å². The molecule has 0 aliphatic rings. The van der Waals surface area contributed by atoms with Crippen molar-refractivity contribution >= 4 is 11.7 Å². The molecule has 0 aliphatic heterocycles. The van der Waals surface area contributed by atoms with Crippen molar-refractivity contribution in [3.05, 3.63) is 29.8 Å². The minimum Gasteiger partial charge on any atom is -0.481 e. The number of carboxylic acids is 1. The average Bonchev–Trinajstić information content (AvgIpc) is 2.31. The molecule has 0 spiro atoms. The van der Waals surface area contributed by atoms with Crippen molar-refractivity contribution in [1.82, 2.24) is 0 Å². The molecular formula is C15H23NO2. The Morgan fingerprint density at radius 1 is 1.28 bits per heavy atom. The van der Waals surface area contributed by atoms with Gasteiger partial charge in [-0.2, -0.15) is 0 Å².